The number of carbonyl (C=O) groups excluding carboxylic acids is 1. The number of aromatic nitrogens is 4. The molecule has 2 aliphatic rings. The van der Waals surface area contributed by atoms with Crippen LogP contribution in [0.2, 0.25) is 0 Å². The molecule has 0 radical (unpaired) electrons. The van der Waals surface area contributed by atoms with E-state index in [0.717, 1.165) is 56.1 Å². The number of imidazole rings is 1. The lowest BCUT2D eigenvalue weighted by Gasteiger charge is -2.39. The summed E-state index contributed by atoms with van der Waals surface area (Å²) in [5.74, 6) is 8.19. The minimum absolute atomic E-state index is 0.0686. The fourth-order valence-corrected chi connectivity index (χ4v) is 5.67. The van der Waals surface area contributed by atoms with Crippen molar-refractivity contribution in [3.8, 4) is 29.1 Å². The SMILES string of the molecule is CC#CC(=O)N1CCN2C[C@@H]1COc1cc3ncnc(Nc4ccc(Oc5ccc6c(c5)ncn6C)c(C)c4)c3cc12. The number of aryl methyl sites for hydroxylation is 2. The molecule has 0 saturated carbocycles. The second-order valence-corrected chi connectivity index (χ2v) is 10.6. The molecular formula is C32H29N7O3. The molecule has 1 amide bonds. The van der Waals surface area contributed by atoms with Crippen LogP contribution in [0.5, 0.6) is 17.2 Å². The summed E-state index contributed by atoms with van der Waals surface area (Å²) in [7, 11) is 1.97. The van der Waals surface area contributed by atoms with E-state index >= 15 is 0 Å². The first-order valence-corrected chi connectivity index (χ1v) is 13.8. The van der Waals surface area contributed by atoms with Crippen molar-refractivity contribution < 1.29 is 14.3 Å². The van der Waals surface area contributed by atoms with Gasteiger partial charge in [0.1, 0.15) is 36.0 Å². The molecule has 0 spiro atoms. The summed E-state index contributed by atoms with van der Waals surface area (Å²) < 4.78 is 14.4. The molecule has 0 aliphatic carbocycles. The Bertz CT molecular complexity index is 1920. The van der Waals surface area contributed by atoms with E-state index < -0.39 is 0 Å². The maximum absolute atomic E-state index is 12.5. The number of nitrogens with one attached hydrogen (secondary N) is 1. The van der Waals surface area contributed by atoms with Gasteiger partial charge in [-0.15, -0.1) is 0 Å². The minimum atomic E-state index is -0.153. The molecule has 3 aromatic carbocycles. The molecule has 0 unspecified atom stereocenters. The van der Waals surface area contributed by atoms with Crippen molar-refractivity contribution in [3.63, 3.8) is 0 Å². The van der Waals surface area contributed by atoms with Crippen LogP contribution in [0.25, 0.3) is 21.9 Å². The largest absolute Gasteiger partial charge is 0.489 e. The second kappa shape index (κ2) is 10.3. The molecule has 1 N–H and O–H groups in total. The summed E-state index contributed by atoms with van der Waals surface area (Å²) in [4.78, 5) is 30.1. The van der Waals surface area contributed by atoms with Gasteiger partial charge in [-0.05, 0) is 61.7 Å². The smallest absolute Gasteiger partial charge is 0.298 e. The van der Waals surface area contributed by atoms with Gasteiger partial charge in [-0.1, -0.05) is 5.92 Å². The number of carbonyl (C=O) groups is 1. The highest BCUT2D eigenvalue weighted by atomic mass is 16.5. The summed E-state index contributed by atoms with van der Waals surface area (Å²) in [5, 5.41) is 4.36. The van der Waals surface area contributed by atoms with Gasteiger partial charge in [0.25, 0.3) is 5.91 Å². The van der Waals surface area contributed by atoms with Crippen LogP contribution in [-0.2, 0) is 11.8 Å². The van der Waals surface area contributed by atoms with Crippen LogP contribution < -0.4 is 19.7 Å². The second-order valence-electron chi connectivity index (χ2n) is 10.6. The predicted octanol–water partition coefficient (Wildman–Crippen LogP) is 4.79. The van der Waals surface area contributed by atoms with Crippen LogP contribution in [-0.4, -0.2) is 62.6 Å². The van der Waals surface area contributed by atoms with Crippen molar-refractivity contribution in [1.29, 1.82) is 0 Å². The van der Waals surface area contributed by atoms with Crippen molar-refractivity contribution in [3.05, 3.63) is 66.7 Å². The number of amides is 1. The Morgan fingerprint density at radius 1 is 1.07 bits per heavy atom. The minimum Gasteiger partial charge on any atom is -0.489 e. The van der Waals surface area contributed by atoms with E-state index in [-0.39, 0.29) is 11.9 Å². The van der Waals surface area contributed by atoms with Crippen molar-refractivity contribution in [2.45, 2.75) is 19.9 Å². The first kappa shape index (κ1) is 25.7. The molecule has 210 valence electrons. The number of nitrogens with zero attached hydrogens (tertiary/aromatic N) is 6. The van der Waals surface area contributed by atoms with Gasteiger partial charge < -0.3 is 29.2 Å². The Balaban J connectivity index is 1.14. The summed E-state index contributed by atoms with van der Waals surface area (Å²) in [6, 6.07) is 15.8. The number of benzene rings is 3. The Kier molecular flexibility index (Phi) is 6.27. The topological polar surface area (TPSA) is 97.6 Å². The van der Waals surface area contributed by atoms with Crippen LogP contribution in [0, 0.1) is 18.8 Å². The van der Waals surface area contributed by atoms with Crippen LogP contribution in [0.3, 0.4) is 0 Å². The third-order valence-corrected chi connectivity index (χ3v) is 7.83. The van der Waals surface area contributed by atoms with Gasteiger partial charge >= 0.3 is 0 Å². The van der Waals surface area contributed by atoms with E-state index in [2.05, 4.69) is 43.1 Å². The molecule has 10 heteroatoms. The summed E-state index contributed by atoms with van der Waals surface area (Å²) in [5.41, 5.74) is 5.56. The number of piperazine rings is 1. The average Bonchev–Trinajstić information content (AvgIpc) is 3.30. The van der Waals surface area contributed by atoms with Crippen LogP contribution in [0.1, 0.15) is 12.5 Å². The van der Waals surface area contributed by atoms with E-state index in [1.54, 1.807) is 19.6 Å². The molecule has 7 rings (SSSR count). The van der Waals surface area contributed by atoms with E-state index in [9.17, 15) is 4.79 Å². The molecule has 5 aromatic rings. The van der Waals surface area contributed by atoms with Crippen LogP contribution in [0.15, 0.2) is 61.2 Å². The number of fused-ring (bicyclic) bond motifs is 6. The summed E-state index contributed by atoms with van der Waals surface area (Å²) in [6.07, 6.45) is 3.35. The Morgan fingerprint density at radius 3 is 2.83 bits per heavy atom. The predicted molar refractivity (Wildman–Crippen MR) is 161 cm³/mol. The highest BCUT2D eigenvalue weighted by molar-refractivity contribution is 5.96. The lowest BCUT2D eigenvalue weighted by atomic mass is 10.1. The summed E-state index contributed by atoms with van der Waals surface area (Å²) in [6.45, 7) is 6.08. The molecule has 2 bridgehead atoms. The number of rotatable bonds is 4. The third-order valence-electron chi connectivity index (χ3n) is 7.83. The van der Waals surface area contributed by atoms with E-state index in [4.69, 9.17) is 9.47 Å². The van der Waals surface area contributed by atoms with Crippen molar-refractivity contribution >= 4 is 45.0 Å². The highest BCUT2D eigenvalue weighted by Gasteiger charge is 2.34. The van der Waals surface area contributed by atoms with E-state index in [1.807, 2.05) is 65.9 Å². The van der Waals surface area contributed by atoms with Gasteiger partial charge in [-0.25, -0.2) is 15.0 Å². The Labute approximate surface area is 242 Å². The summed E-state index contributed by atoms with van der Waals surface area (Å²) >= 11 is 0. The lowest BCUT2D eigenvalue weighted by molar-refractivity contribution is -0.128. The van der Waals surface area contributed by atoms with Gasteiger partial charge in [-0.2, -0.15) is 0 Å². The van der Waals surface area contributed by atoms with Gasteiger partial charge in [0, 0.05) is 49.9 Å². The average molecular weight is 560 g/mol. The zero-order valence-corrected chi connectivity index (χ0v) is 23.6. The number of anilines is 3. The molecule has 10 nitrogen and oxygen atoms in total. The number of ether oxygens (including phenoxy) is 2. The van der Waals surface area contributed by atoms with Gasteiger partial charge in [0.2, 0.25) is 0 Å². The normalized spacial score (nSPS) is 15.8. The van der Waals surface area contributed by atoms with Crippen molar-refractivity contribution in [2.75, 3.05) is 36.5 Å². The van der Waals surface area contributed by atoms with E-state index in [0.29, 0.717) is 32.1 Å². The number of hydrogen-bond acceptors (Lipinski definition) is 8. The fraction of sp³-hybridized carbons (Fsp3) is 0.250. The zero-order chi connectivity index (χ0) is 28.8. The molecule has 1 saturated heterocycles. The fourth-order valence-electron chi connectivity index (χ4n) is 5.67. The molecule has 1 atom stereocenters. The maximum atomic E-state index is 12.5. The maximum Gasteiger partial charge on any atom is 0.298 e. The first-order chi connectivity index (χ1) is 20.5. The zero-order valence-electron chi connectivity index (χ0n) is 23.6. The van der Waals surface area contributed by atoms with Crippen LogP contribution >= 0.6 is 0 Å². The molecular weight excluding hydrogens is 530 g/mol. The van der Waals surface area contributed by atoms with Crippen molar-refractivity contribution in [1.82, 2.24) is 24.4 Å². The van der Waals surface area contributed by atoms with Crippen molar-refractivity contribution in [2.24, 2.45) is 7.05 Å². The quantitative estimate of drug-likeness (QED) is 0.314. The van der Waals surface area contributed by atoms with Gasteiger partial charge in [0.05, 0.1) is 34.6 Å². The highest BCUT2D eigenvalue weighted by Crippen LogP contribution is 2.39. The van der Waals surface area contributed by atoms with E-state index in [1.165, 1.54) is 0 Å². The molecule has 2 aromatic heterocycles. The first-order valence-electron chi connectivity index (χ1n) is 13.8. The molecule has 2 aliphatic heterocycles. The standard InChI is InChI=1S/C32H29N7O3/c1-4-5-31(40)39-11-10-38-16-22(39)17-41-30-15-25-24(14-28(30)38)32(34-18-33-25)36-21-6-9-29(20(2)12-21)42-23-7-8-27-26(13-23)35-19-37(27)3/h6-9,12-15,18-19,22H,10-11,16-17H2,1-3H3,(H,33,34,36)/t22-/m1/s1. The molecule has 42 heavy (non-hydrogen) atoms. The molecule has 4 heterocycles. The Hall–Kier alpha value is -5.30. The number of hydrogen-bond donors (Lipinski definition) is 1. The third kappa shape index (κ3) is 4.59. The van der Waals surface area contributed by atoms with Crippen LogP contribution in [0.4, 0.5) is 17.2 Å². The monoisotopic (exact) mass is 559 g/mol. The van der Waals surface area contributed by atoms with Gasteiger partial charge in [0.15, 0.2) is 0 Å². The van der Waals surface area contributed by atoms with Gasteiger partial charge in [-0.3, -0.25) is 4.79 Å². The molecule has 1 fully saturated rings. The Morgan fingerprint density at radius 2 is 1.98 bits per heavy atom. The lowest BCUT2D eigenvalue weighted by Crippen LogP contribution is -2.56.